The number of halogens is 3. The molecule has 2 aliphatic rings. The number of rotatable bonds is 5. The number of Topliss-reactive ketones (excluding diaryl/α,β-unsaturated/α-hetero) is 1. The number of fused-ring (bicyclic) bond motifs is 4. The lowest BCUT2D eigenvalue weighted by molar-refractivity contribution is -0.168. The second-order valence-electron chi connectivity index (χ2n) is 8.97. The molecule has 1 fully saturated rings. The molecule has 5 rings (SSSR count). The zero-order valence-electron chi connectivity index (χ0n) is 19.5. The molecule has 12 heteroatoms. The quantitative estimate of drug-likeness (QED) is 0.500. The Morgan fingerprint density at radius 3 is 2.78 bits per heavy atom. The van der Waals surface area contributed by atoms with E-state index in [1.807, 2.05) is 0 Å². The maximum atomic E-state index is 13.4. The highest BCUT2D eigenvalue weighted by Gasteiger charge is 2.41. The fourth-order valence-corrected chi connectivity index (χ4v) is 4.44. The lowest BCUT2D eigenvalue weighted by Gasteiger charge is -2.35. The van der Waals surface area contributed by atoms with Crippen molar-refractivity contribution < 1.29 is 27.2 Å². The van der Waals surface area contributed by atoms with Crippen molar-refractivity contribution in [3.05, 3.63) is 48.2 Å². The van der Waals surface area contributed by atoms with E-state index in [0.29, 0.717) is 42.4 Å². The van der Waals surface area contributed by atoms with Crippen LogP contribution in [0.5, 0.6) is 0 Å². The van der Waals surface area contributed by atoms with E-state index in [4.69, 9.17) is 4.42 Å². The lowest BCUT2D eigenvalue weighted by atomic mass is 10.0. The maximum Gasteiger partial charge on any atom is 0.391 e. The Hall–Kier alpha value is -3.96. The molecule has 188 valence electrons. The third-order valence-corrected chi connectivity index (χ3v) is 6.41. The molecule has 0 aromatic carbocycles. The highest BCUT2D eigenvalue weighted by Crippen LogP contribution is 2.39. The Labute approximate surface area is 204 Å². The molecule has 0 spiro atoms. The number of nitrogens with zero attached hydrogens (tertiary/aromatic N) is 5. The Bertz CT molecular complexity index is 1320. The molecule has 2 aliphatic heterocycles. The predicted octanol–water partition coefficient (Wildman–Crippen LogP) is 4.84. The van der Waals surface area contributed by atoms with Gasteiger partial charge in [0.25, 0.3) is 0 Å². The molecule has 1 N–H and O–H groups in total. The number of hydrogen-bond acceptors (Lipinski definition) is 7. The zero-order chi connectivity index (χ0) is 25.6. The minimum absolute atomic E-state index is 0.106. The molecule has 3 aromatic heterocycles. The van der Waals surface area contributed by atoms with Crippen molar-refractivity contribution in [1.82, 2.24) is 15.0 Å². The number of amides is 2. The number of aromatic nitrogens is 3. The first kappa shape index (κ1) is 23.8. The van der Waals surface area contributed by atoms with Crippen molar-refractivity contribution in [3.63, 3.8) is 0 Å². The van der Waals surface area contributed by atoms with Crippen LogP contribution in [0.3, 0.4) is 0 Å². The van der Waals surface area contributed by atoms with Gasteiger partial charge in [0, 0.05) is 38.2 Å². The zero-order valence-corrected chi connectivity index (χ0v) is 19.5. The average molecular weight is 500 g/mol. The number of alkyl halides is 3. The van der Waals surface area contributed by atoms with Gasteiger partial charge in [-0.3, -0.25) is 15.0 Å². The topological polar surface area (TPSA) is 104 Å². The van der Waals surface area contributed by atoms with Crippen LogP contribution in [0.25, 0.3) is 11.3 Å². The first-order valence-corrected chi connectivity index (χ1v) is 11.4. The van der Waals surface area contributed by atoms with Crippen LogP contribution in [0.15, 0.2) is 41.1 Å². The molecule has 0 radical (unpaired) electrons. The highest BCUT2D eigenvalue weighted by molar-refractivity contribution is 6.05. The molecule has 2 atom stereocenters. The predicted molar refractivity (Wildman–Crippen MR) is 125 cm³/mol. The van der Waals surface area contributed by atoms with Crippen LogP contribution in [0.4, 0.5) is 35.3 Å². The van der Waals surface area contributed by atoms with Gasteiger partial charge in [-0.1, -0.05) is 6.92 Å². The summed E-state index contributed by atoms with van der Waals surface area (Å²) in [6, 6.07) is 5.73. The number of ketones is 1. The average Bonchev–Trinajstić information content (AvgIpc) is 3.45. The van der Waals surface area contributed by atoms with Crippen LogP contribution in [0, 0.1) is 12.8 Å². The van der Waals surface area contributed by atoms with Gasteiger partial charge in [0.15, 0.2) is 23.3 Å². The molecule has 9 nitrogen and oxygen atoms in total. The van der Waals surface area contributed by atoms with E-state index in [9.17, 15) is 22.8 Å². The van der Waals surface area contributed by atoms with Crippen molar-refractivity contribution in [2.75, 3.05) is 28.2 Å². The normalized spacial score (nSPS) is 17.6. The number of pyridine rings is 2. The molecule has 0 unspecified atom stereocenters. The number of urea groups is 1. The summed E-state index contributed by atoms with van der Waals surface area (Å²) >= 11 is 0. The number of carbonyl (C=O) groups excluding carboxylic acids is 2. The monoisotopic (exact) mass is 500 g/mol. The fraction of sp³-hybridized carbons (Fsp3) is 0.375. The molecule has 3 aromatic rings. The van der Waals surface area contributed by atoms with Crippen LogP contribution in [0.1, 0.15) is 36.1 Å². The molecule has 0 saturated carbocycles. The van der Waals surface area contributed by atoms with Gasteiger partial charge in [0.05, 0.1) is 23.8 Å². The SMILES string of the molecule is Cc1ncc(-c2ccnc(NC(=O)N3c4nc(C(=O)C[C@@H](C)C(F)(F)F)ccc4N4CC[C@H]3C4)c2)o1. The van der Waals surface area contributed by atoms with Gasteiger partial charge in [-0.05, 0) is 30.7 Å². The summed E-state index contributed by atoms with van der Waals surface area (Å²) in [6.45, 7) is 3.97. The van der Waals surface area contributed by atoms with E-state index in [-0.39, 0.29) is 23.4 Å². The third kappa shape index (κ3) is 4.50. The van der Waals surface area contributed by atoms with E-state index in [1.54, 1.807) is 31.3 Å². The summed E-state index contributed by atoms with van der Waals surface area (Å²) < 4.78 is 44.4. The number of anilines is 3. The van der Waals surface area contributed by atoms with Gasteiger partial charge < -0.3 is 9.32 Å². The summed E-state index contributed by atoms with van der Waals surface area (Å²) in [4.78, 5) is 42.2. The van der Waals surface area contributed by atoms with Gasteiger partial charge in [-0.15, -0.1) is 0 Å². The van der Waals surface area contributed by atoms with Crippen LogP contribution in [-0.4, -0.2) is 52.1 Å². The number of carbonyl (C=O) groups is 2. The summed E-state index contributed by atoms with van der Waals surface area (Å²) in [5.41, 5.74) is 1.22. The Kier molecular flexibility index (Phi) is 5.89. The van der Waals surface area contributed by atoms with Crippen molar-refractivity contribution in [2.24, 2.45) is 5.92 Å². The fourth-order valence-electron chi connectivity index (χ4n) is 4.44. The minimum atomic E-state index is -4.48. The first-order chi connectivity index (χ1) is 17.1. The van der Waals surface area contributed by atoms with Crippen molar-refractivity contribution >= 4 is 29.1 Å². The lowest BCUT2D eigenvalue weighted by Crippen LogP contribution is -2.48. The van der Waals surface area contributed by atoms with Crippen molar-refractivity contribution in [3.8, 4) is 11.3 Å². The van der Waals surface area contributed by atoms with Gasteiger partial charge in [-0.25, -0.2) is 19.7 Å². The van der Waals surface area contributed by atoms with Crippen LogP contribution in [0.2, 0.25) is 0 Å². The van der Waals surface area contributed by atoms with E-state index >= 15 is 0 Å². The van der Waals surface area contributed by atoms with Gasteiger partial charge in [-0.2, -0.15) is 13.2 Å². The summed E-state index contributed by atoms with van der Waals surface area (Å²) in [5, 5.41) is 2.77. The number of aryl methyl sites for hydroxylation is 1. The van der Waals surface area contributed by atoms with Crippen molar-refractivity contribution in [1.29, 1.82) is 0 Å². The second-order valence-corrected chi connectivity index (χ2v) is 8.97. The Morgan fingerprint density at radius 1 is 1.25 bits per heavy atom. The standard InChI is InChI=1S/C24H23F3N6O3/c1-13(24(25,26)27)9-19(34)17-3-4-18-22(30-17)33(16-6-8-32(18)12-16)23(35)31-21-10-15(5-7-28-21)20-11-29-14(2)36-20/h3-5,7,10-11,13,16H,6,8-9,12H2,1-2H3,(H,28,31,35)/t13-,16+/m1/s1. The molecular weight excluding hydrogens is 477 g/mol. The summed E-state index contributed by atoms with van der Waals surface area (Å²) in [5.74, 6) is -0.975. The largest absolute Gasteiger partial charge is 0.441 e. The minimum Gasteiger partial charge on any atom is -0.441 e. The molecule has 2 bridgehead atoms. The smallest absolute Gasteiger partial charge is 0.391 e. The van der Waals surface area contributed by atoms with Crippen molar-refractivity contribution in [2.45, 2.75) is 38.9 Å². The van der Waals surface area contributed by atoms with Gasteiger partial charge in [0.2, 0.25) is 0 Å². The maximum absolute atomic E-state index is 13.4. The van der Waals surface area contributed by atoms with E-state index in [2.05, 4.69) is 25.2 Å². The molecule has 5 heterocycles. The van der Waals surface area contributed by atoms with Crippen LogP contribution in [-0.2, 0) is 0 Å². The number of oxazole rings is 1. The molecular formula is C24H23F3N6O3. The second kappa shape index (κ2) is 8.92. The third-order valence-electron chi connectivity index (χ3n) is 6.41. The molecule has 1 saturated heterocycles. The first-order valence-electron chi connectivity index (χ1n) is 11.4. The number of nitrogens with one attached hydrogen (secondary N) is 1. The Morgan fingerprint density at radius 2 is 2.06 bits per heavy atom. The van der Waals surface area contributed by atoms with E-state index in [0.717, 1.165) is 6.92 Å². The van der Waals surface area contributed by atoms with Crippen LogP contribution < -0.4 is 15.1 Å². The van der Waals surface area contributed by atoms with E-state index in [1.165, 1.54) is 17.2 Å². The van der Waals surface area contributed by atoms with Gasteiger partial charge >= 0.3 is 12.2 Å². The Balaban J connectivity index is 1.41. The molecule has 36 heavy (non-hydrogen) atoms. The van der Waals surface area contributed by atoms with Crippen LogP contribution >= 0.6 is 0 Å². The number of hydrogen-bond donors (Lipinski definition) is 1. The molecule has 2 amide bonds. The molecule has 0 aliphatic carbocycles. The highest BCUT2D eigenvalue weighted by atomic mass is 19.4. The summed E-state index contributed by atoms with van der Waals surface area (Å²) in [6.07, 6.45) is -1.41. The van der Waals surface area contributed by atoms with Gasteiger partial charge in [0.1, 0.15) is 11.5 Å². The summed E-state index contributed by atoms with van der Waals surface area (Å²) in [7, 11) is 0. The van der Waals surface area contributed by atoms with E-state index < -0.39 is 30.3 Å².